The molecule has 0 aliphatic heterocycles. The second-order valence-corrected chi connectivity index (χ2v) is 3.71. The Morgan fingerprint density at radius 3 is 2.39 bits per heavy atom. The zero-order chi connectivity index (χ0) is 12.8. The number of nitrogens with zero attached hydrogens (tertiary/aromatic N) is 1. The summed E-state index contributed by atoms with van der Waals surface area (Å²) < 4.78 is 5.67. The fraction of sp³-hybridized carbons (Fsp3) is 0.0625. The van der Waals surface area contributed by atoms with Gasteiger partial charge < -0.3 is 4.74 Å². The topological polar surface area (TPSA) is 33.0 Å². The number of ether oxygens (including phenoxy) is 1. The molecular weight excluding hydrogens is 222 g/mol. The van der Waals surface area contributed by atoms with E-state index >= 15 is 0 Å². The molecule has 2 heteroatoms. The van der Waals surface area contributed by atoms with Crippen LogP contribution >= 0.6 is 0 Å². The molecule has 2 rings (SSSR count). The monoisotopic (exact) mass is 233 g/mol. The highest BCUT2D eigenvalue weighted by molar-refractivity contribution is 5.54. The predicted molar refractivity (Wildman–Crippen MR) is 69.9 cm³/mol. The van der Waals surface area contributed by atoms with E-state index in [1.165, 1.54) is 0 Å². The van der Waals surface area contributed by atoms with Gasteiger partial charge in [0.2, 0.25) is 0 Å². The van der Waals surface area contributed by atoms with Gasteiger partial charge in [0.15, 0.2) is 5.75 Å². The fourth-order valence-electron chi connectivity index (χ4n) is 1.62. The van der Waals surface area contributed by atoms with Gasteiger partial charge in [0.25, 0.3) is 0 Å². The first-order valence-electron chi connectivity index (χ1n) is 5.51. The van der Waals surface area contributed by atoms with Crippen LogP contribution < -0.4 is 4.74 Å². The molecule has 0 atom stereocenters. The normalized spacial score (nSPS) is 9.22. The largest absolute Gasteiger partial charge is 0.486 e. The molecule has 0 fully saturated rings. The van der Waals surface area contributed by atoms with Crippen molar-refractivity contribution in [1.82, 2.24) is 0 Å². The maximum atomic E-state index is 9.04. The van der Waals surface area contributed by atoms with E-state index in [1.54, 1.807) is 18.2 Å². The first-order valence-corrected chi connectivity index (χ1v) is 5.51. The third-order valence-electron chi connectivity index (χ3n) is 2.52. The van der Waals surface area contributed by atoms with Gasteiger partial charge in [0, 0.05) is 0 Å². The van der Waals surface area contributed by atoms with Crippen LogP contribution in [0.2, 0.25) is 0 Å². The van der Waals surface area contributed by atoms with Gasteiger partial charge in [-0.1, -0.05) is 42.3 Å². The average molecular weight is 233 g/mol. The zero-order valence-electron chi connectivity index (χ0n) is 9.76. The van der Waals surface area contributed by atoms with Crippen molar-refractivity contribution in [3.63, 3.8) is 0 Å². The molecule has 0 spiro atoms. The van der Waals surface area contributed by atoms with Crippen molar-refractivity contribution in [2.24, 2.45) is 0 Å². The van der Waals surface area contributed by atoms with E-state index < -0.39 is 0 Å². The lowest BCUT2D eigenvalue weighted by atomic mass is 10.1. The van der Waals surface area contributed by atoms with Crippen LogP contribution in [0.3, 0.4) is 0 Å². The van der Waals surface area contributed by atoms with Crippen LogP contribution in [0.15, 0.2) is 48.5 Å². The second kappa shape index (κ2) is 5.57. The molecule has 0 radical (unpaired) electrons. The van der Waals surface area contributed by atoms with Crippen molar-refractivity contribution in [2.45, 2.75) is 6.61 Å². The maximum Gasteiger partial charge on any atom is 0.153 e. The van der Waals surface area contributed by atoms with Gasteiger partial charge in [-0.3, -0.25) is 0 Å². The third-order valence-corrected chi connectivity index (χ3v) is 2.52. The highest BCUT2D eigenvalue weighted by Gasteiger charge is 2.08. The Hall–Kier alpha value is -2.71. The molecule has 86 valence electrons. The summed E-state index contributed by atoms with van der Waals surface area (Å²) in [5.41, 5.74) is 2.10. The Bertz CT molecular complexity index is 586. The van der Waals surface area contributed by atoms with Crippen molar-refractivity contribution < 1.29 is 4.74 Å². The molecule has 0 aromatic heterocycles. The minimum atomic E-state index is 0.397. The van der Waals surface area contributed by atoms with Crippen LogP contribution in [-0.4, -0.2) is 0 Å². The minimum absolute atomic E-state index is 0.397. The van der Waals surface area contributed by atoms with Gasteiger partial charge in [-0.05, 0) is 17.7 Å². The minimum Gasteiger partial charge on any atom is -0.486 e. The van der Waals surface area contributed by atoms with Crippen LogP contribution in [0.25, 0.3) is 0 Å². The third kappa shape index (κ3) is 2.51. The smallest absolute Gasteiger partial charge is 0.153 e. The molecule has 0 unspecified atom stereocenters. The SMILES string of the molecule is C#Cc1cccc(C#N)c1OCc1ccccc1. The molecule has 2 aromatic carbocycles. The van der Waals surface area contributed by atoms with E-state index in [4.69, 9.17) is 16.4 Å². The molecule has 0 bridgehead atoms. The number of rotatable bonds is 3. The lowest BCUT2D eigenvalue weighted by Gasteiger charge is -2.09. The Kier molecular flexibility index (Phi) is 3.64. The highest BCUT2D eigenvalue weighted by atomic mass is 16.5. The molecule has 2 aromatic rings. The summed E-state index contributed by atoms with van der Waals surface area (Å²) in [6.07, 6.45) is 5.40. The summed E-state index contributed by atoms with van der Waals surface area (Å²) >= 11 is 0. The Balaban J connectivity index is 2.25. The van der Waals surface area contributed by atoms with Gasteiger partial charge in [0.05, 0.1) is 11.1 Å². The van der Waals surface area contributed by atoms with Crippen molar-refractivity contribution in [1.29, 1.82) is 5.26 Å². The molecule has 0 saturated carbocycles. The first-order chi connectivity index (χ1) is 8.85. The van der Waals surface area contributed by atoms with E-state index in [-0.39, 0.29) is 0 Å². The van der Waals surface area contributed by atoms with Gasteiger partial charge in [-0.15, -0.1) is 6.42 Å². The summed E-state index contributed by atoms with van der Waals surface area (Å²) in [7, 11) is 0. The predicted octanol–water partition coefficient (Wildman–Crippen LogP) is 3.12. The molecule has 0 saturated heterocycles. The number of nitriles is 1. The van der Waals surface area contributed by atoms with Gasteiger partial charge in [-0.2, -0.15) is 5.26 Å². The van der Waals surface area contributed by atoms with Crippen LogP contribution in [0.5, 0.6) is 5.75 Å². The number of hydrogen-bond acceptors (Lipinski definition) is 2. The molecule has 0 aliphatic carbocycles. The molecule has 0 heterocycles. The Labute approximate surface area is 106 Å². The lowest BCUT2D eigenvalue weighted by molar-refractivity contribution is 0.304. The Morgan fingerprint density at radius 2 is 1.72 bits per heavy atom. The van der Waals surface area contributed by atoms with Gasteiger partial charge in [0.1, 0.15) is 12.7 Å². The van der Waals surface area contributed by atoms with E-state index in [9.17, 15) is 0 Å². The van der Waals surface area contributed by atoms with Gasteiger partial charge >= 0.3 is 0 Å². The fourth-order valence-corrected chi connectivity index (χ4v) is 1.62. The van der Waals surface area contributed by atoms with Gasteiger partial charge in [-0.25, -0.2) is 0 Å². The van der Waals surface area contributed by atoms with Crippen LogP contribution in [0.1, 0.15) is 16.7 Å². The summed E-state index contributed by atoms with van der Waals surface area (Å²) in [5, 5.41) is 9.04. The number of hydrogen-bond donors (Lipinski definition) is 0. The maximum absolute atomic E-state index is 9.04. The average Bonchev–Trinajstić information content (AvgIpc) is 2.45. The van der Waals surface area contributed by atoms with Crippen LogP contribution in [0, 0.1) is 23.7 Å². The summed E-state index contributed by atoms with van der Waals surface area (Å²) in [6, 6.07) is 17.1. The standard InChI is InChI=1S/C16H11NO/c1-2-14-9-6-10-15(11-17)16(14)18-12-13-7-4-3-5-8-13/h1,3-10H,12H2. The molecular formula is C16H11NO. The lowest BCUT2D eigenvalue weighted by Crippen LogP contribution is -1.99. The second-order valence-electron chi connectivity index (χ2n) is 3.71. The molecule has 2 nitrogen and oxygen atoms in total. The molecule has 0 aliphatic rings. The number of para-hydroxylation sites is 1. The number of benzene rings is 2. The quantitative estimate of drug-likeness (QED) is 0.763. The van der Waals surface area contributed by atoms with Crippen LogP contribution in [0.4, 0.5) is 0 Å². The van der Waals surface area contributed by atoms with E-state index in [0.29, 0.717) is 23.5 Å². The Morgan fingerprint density at radius 1 is 1.00 bits per heavy atom. The first kappa shape index (κ1) is 11.8. The number of terminal acetylenes is 1. The van der Waals surface area contributed by atoms with E-state index in [1.807, 2.05) is 30.3 Å². The highest BCUT2D eigenvalue weighted by Crippen LogP contribution is 2.23. The molecule has 0 amide bonds. The molecule has 0 N–H and O–H groups in total. The zero-order valence-corrected chi connectivity index (χ0v) is 9.76. The van der Waals surface area contributed by atoms with Crippen molar-refractivity contribution in [3.05, 3.63) is 65.2 Å². The van der Waals surface area contributed by atoms with Crippen molar-refractivity contribution in [3.8, 4) is 24.2 Å². The summed E-state index contributed by atoms with van der Waals surface area (Å²) in [5.74, 6) is 3.01. The van der Waals surface area contributed by atoms with Crippen molar-refractivity contribution in [2.75, 3.05) is 0 Å². The van der Waals surface area contributed by atoms with Crippen molar-refractivity contribution >= 4 is 0 Å². The van der Waals surface area contributed by atoms with E-state index in [0.717, 1.165) is 5.56 Å². The summed E-state index contributed by atoms with van der Waals surface area (Å²) in [6.45, 7) is 0.397. The van der Waals surface area contributed by atoms with Crippen LogP contribution in [-0.2, 0) is 6.61 Å². The molecule has 18 heavy (non-hydrogen) atoms. The van der Waals surface area contributed by atoms with E-state index in [2.05, 4.69) is 12.0 Å². The summed E-state index contributed by atoms with van der Waals surface area (Å²) in [4.78, 5) is 0.